The number of nitrogens with one attached hydrogen (secondary N) is 2. The van der Waals surface area contributed by atoms with E-state index in [1.807, 2.05) is 27.7 Å². The Morgan fingerprint density at radius 1 is 1.12 bits per heavy atom. The average molecular weight is 370 g/mol. The molecule has 0 radical (unpaired) electrons. The zero-order valence-electron chi connectivity index (χ0n) is 15.7. The Kier molecular flexibility index (Phi) is 9.10. The van der Waals surface area contributed by atoms with Gasteiger partial charge in [-0.2, -0.15) is 4.31 Å². The molecule has 1 atom stereocenters. The van der Waals surface area contributed by atoms with Crippen LogP contribution in [0.5, 0.6) is 0 Å². The number of carbonyl (C=O) groups excluding carboxylic acids is 1. The van der Waals surface area contributed by atoms with Gasteiger partial charge in [-0.05, 0) is 37.6 Å². The molecule has 0 spiro atoms. The number of benzene rings is 1. The second-order valence-electron chi connectivity index (χ2n) is 6.00. The minimum absolute atomic E-state index is 0.00425. The van der Waals surface area contributed by atoms with Crippen LogP contribution in [-0.4, -0.2) is 50.9 Å². The molecule has 1 rings (SSSR count). The van der Waals surface area contributed by atoms with E-state index < -0.39 is 10.0 Å². The lowest BCUT2D eigenvalue weighted by atomic mass is 10.1. The highest BCUT2D eigenvalue weighted by molar-refractivity contribution is 7.89. The minimum atomic E-state index is -3.43. The summed E-state index contributed by atoms with van der Waals surface area (Å²) in [6, 6.07) is 7.05. The normalized spacial score (nSPS) is 13.0. The molecule has 0 unspecified atom stereocenters. The van der Waals surface area contributed by atoms with Crippen LogP contribution >= 0.6 is 0 Å². The lowest BCUT2D eigenvalue weighted by Crippen LogP contribution is -2.38. The Hall–Kier alpha value is -1.44. The Balaban J connectivity index is 2.56. The molecule has 25 heavy (non-hydrogen) atoms. The van der Waals surface area contributed by atoms with Crippen LogP contribution in [0, 0.1) is 0 Å². The van der Waals surface area contributed by atoms with Crippen molar-refractivity contribution in [1.82, 2.24) is 14.9 Å². The number of hydrogen-bond acceptors (Lipinski definition) is 4. The van der Waals surface area contributed by atoms with E-state index in [0.717, 1.165) is 12.1 Å². The topological polar surface area (TPSA) is 78.5 Å². The molecule has 0 aromatic heterocycles. The van der Waals surface area contributed by atoms with Crippen LogP contribution in [-0.2, 0) is 21.2 Å². The molecule has 142 valence electrons. The molecule has 0 bridgehead atoms. The smallest absolute Gasteiger partial charge is 0.243 e. The van der Waals surface area contributed by atoms with Gasteiger partial charge in [0.05, 0.1) is 4.90 Å². The minimum Gasteiger partial charge on any atom is -0.355 e. The van der Waals surface area contributed by atoms with Crippen molar-refractivity contribution < 1.29 is 13.2 Å². The summed E-state index contributed by atoms with van der Waals surface area (Å²) in [5, 5.41) is 6.14. The van der Waals surface area contributed by atoms with E-state index in [-0.39, 0.29) is 11.9 Å². The van der Waals surface area contributed by atoms with Gasteiger partial charge in [0.15, 0.2) is 0 Å². The molecular formula is C18H31N3O3S. The van der Waals surface area contributed by atoms with Crippen LogP contribution in [0.2, 0.25) is 0 Å². The zero-order chi connectivity index (χ0) is 18.9. The van der Waals surface area contributed by atoms with E-state index in [0.29, 0.717) is 37.4 Å². The van der Waals surface area contributed by atoms with Crippen LogP contribution in [0.25, 0.3) is 0 Å². The predicted molar refractivity (Wildman–Crippen MR) is 101 cm³/mol. The third-order valence-corrected chi connectivity index (χ3v) is 6.13. The number of amides is 1. The van der Waals surface area contributed by atoms with Gasteiger partial charge in [-0.15, -0.1) is 0 Å². The number of hydrogen-bond donors (Lipinski definition) is 2. The Morgan fingerprint density at radius 3 is 2.24 bits per heavy atom. The first-order valence-corrected chi connectivity index (χ1v) is 10.4. The molecule has 0 aliphatic rings. The first-order chi connectivity index (χ1) is 11.8. The lowest BCUT2D eigenvalue weighted by molar-refractivity contribution is -0.121. The maximum atomic E-state index is 12.4. The van der Waals surface area contributed by atoms with Gasteiger partial charge in [-0.25, -0.2) is 8.42 Å². The summed E-state index contributed by atoms with van der Waals surface area (Å²) in [6.45, 7) is 10.1. The van der Waals surface area contributed by atoms with Gasteiger partial charge in [0.1, 0.15) is 0 Å². The Bertz CT molecular complexity index is 625. The van der Waals surface area contributed by atoms with E-state index in [1.54, 1.807) is 24.3 Å². The SMILES string of the molecule is CCN[C@H](C)CNC(=O)CCc1ccc(S(=O)(=O)N(CC)CC)cc1. The Labute approximate surface area is 152 Å². The van der Waals surface area contributed by atoms with Gasteiger partial charge in [0.25, 0.3) is 0 Å². The van der Waals surface area contributed by atoms with Crippen molar-refractivity contribution in [2.45, 2.75) is 51.5 Å². The second kappa shape index (κ2) is 10.5. The summed E-state index contributed by atoms with van der Waals surface area (Å²) in [5.41, 5.74) is 0.952. The number of likely N-dealkylation sites (N-methyl/N-ethyl adjacent to an activating group) is 1. The first kappa shape index (κ1) is 21.6. The highest BCUT2D eigenvalue weighted by Crippen LogP contribution is 2.16. The molecule has 0 saturated heterocycles. The molecule has 2 N–H and O–H groups in total. The fraction of sp³-hybridized carbons (Fsp3) is 0.611. The number of aryl methyl sites for hydroxylation is 1. The van der Waals surface area contributed by atoms with Crippen molar-refractivity contribution in [2.75, 3.05) is 26.2 Å². The third kappa shape index (κ3) is 6.76. The number of nitrogens with zero attached hydrogens (tertiary/aromatic N) is 1. The van der Waals surface area contributed by atoms with Crippen LogP contribution in [0.3, 0.4) is 0 Å². The summed E-state index contributed by atoms with van der Waals surface area (Å²) in [5.74, 6) is 0.00425. The molecule has 0 saturated carbocycles. The van der Waals surface area contributed by atoms with Crippen LogP contribution in [0.4, 0.5) is 0 Å². The summed E-state index contributed by atoms with van der Waals surface area (Å²) < 4.78 is 26.3. The molecule has 0 heterocycles. The van der Waals surface area contributed by atoms with E-state index in [1.165, 1.54) is 4.31 Å². The van der Waals surface area contributed by atoms with Crippen molar-refractivity contribution in [1.29, 1.82) is 0 Å². The van der Waals surface area contributed by atoms with Crippen molar-refractivity contribution in [3.8, 4) is 0 Å². The van der Waals surface area contributed by atoms with Crippen molar-refractivity contribution in [2.24, 2.45) is 0 Å². The van der Waals surface area contributed by atoms with Gasteiger partial charge >= 0.3 is 0 Å². The molecule has 1 amide bonds. The maximum absolute atomic E-state index is 12.4. The Morgan fingerprint density at radius 2 is 1.72 bits per heavy atom. The van der Waals surface area contributed by atoms with Crippen molar-refractivity contribution >= 4 is 15.9 Å². The standard InChI is InChI=1S/C18H31N3O3S/c1-5-19-15(4)14-20-18(22)13-10-16-8-11-17(12-9-16)25(23,24)21(6-2)7-3/h8-9,11-12,15,19H,5-7,10,13-14H2,1-4H3,(H,20,22)/t15-/m1/s1. The molecule has 7 heteroatoms. The lowest BCUT2D eigenvalue weighted by Gasteiger charge is -2.18. The molecule has 0 aliphatic heterocycles. The summed E-state index contributed by atoms with van der Waals surface area (Å²) >= 11 is 0. The van der Waals surface area contributed by atoms with Gasteiger partial charge in [0, 0.05) is 32.1 Å². The molecular weight excluding hydrogens is 338 g/mol. The number of carbonyl (C=O) groups is 1. The molecule has 6 nitrogen and oxygen atoms in total. The van der Waals surface area contributed by atoms with Gasteiger partial charge in [0.2, 0.25) is 15.9 Å². The van der Waals surface area contributed by atoms with Crippen LogP contribution < -0.4 is 10.6 Å². The summed E-state index contributed by atoms with van der Waals surface area (Å²) in [4.78, 5) is 12.2. The van der Waals surface area contributed by atoms with Gasteiger partial charge in [-0.3, -0.25) is 4.79 Å². The zero-order valence-corrected chi connectivity index (χ0v) is 16.5. The molecule has 1 aromatic rings. The quantitative estimate of drug-likeness (QED) is 0.623. The first-order valence-electron chi connectivity index (χ1n) is 8.94. The van der Waals surface area contributed by atoms with Crippen LogP contribution in [0.1, 0.15) is 39.7 Å². The highest BCUT2D eigenvalue weighted by Gasteiger charge is 2.21. The maximum Gasteiger partial charge on any atom is 0.243 e. The highest BCUT2D eigenvalue weighted by atomic mass is 32.2. The van der Waals surface area contributed by atoms with E-state index >= 15 is 0 Å². The van der Waals surface area contributed by atoms with Crippen molar-refractivity contribution in [3.05, 3.63) is 29.8 Å². The monoisotopic (exact) mass is 369 g/mol. The molecule has 0 aliphatic carbocycles. The van der Waals surface area contributed by atoms with Gasteiger partial charge in [-0.1, -0.05) is 32.9 Å². The van der Waals surface area contributed by atoms with E-state index in [9.17, 15) is 13.2 Å². The summed E-state index contributed by atoms with van der Waals surface area (Å²) in [7, 11) is -3.43. The van der Waals surface area contributed by atoms with Crippen molar-refractivity contribution in [3.63, 3.8) is 0 Å². The third-order valence-electron chi connectivity index (χ3n) is 4.07. The molecule has 0 fully saturated rings. The fourth-order valence-electron chi connectivity index (χ4n) is 2.57. The fourth-order valence-corrected chi connectivity index (χ4v) is 4.03. The van der Waals surface area contributed by atoms with E-state index in [2.05, 4.69) is 10.6 Å². The molecule has 1 aromatic carbocycles. The summed E-state index contributed by atoms with van der Waals surface area (Å²) in [6.07, 6.45) is 0.980. The average Bonchev–Trinajstić information content (AvgIpc) is 2.59. The predicted octanol–water partition coefficient (Wildman–Crippen LogP) is 1.76. The number of sulfonamides is 1. The van der Waals surface area contributed by atoms with E-state index in [4.69, 9.17) is 0 Å². The van der Waals surface area contributed by atoms with Crippen LogP contribution in [0.15, 0.2) is 29.2 Å². The number of rotatable bonds is 11. The largest absolute Gasteiger partial charge is 0.355 e. The van der Waals surface area contributed by atoms with Gasteiger partial charge < -0.3 is 10.6 Å². The second-order valence-corrected chi connectivity index (χ2v) is 7.93.